The number of anilines is 1. The highest BCUT2D eigenvalue weighted by molar-refractivity contribution is 9.10. The maximum Gasteiger partial charge on any atom is 0.320 e. The molecule has 0 unspecified atom stereocenters. The van der Waals surface area contributed by atoms with E-state index in [1.54, 1.807) is 6.20 Å². The second-order valence-corrected chi connectivity index (χ2v) is 6.45. The van der Waals surface area contributed by atoms with E-state index in [1.165, 1.54) is 0 Å². The van der Waals surface area contributed by atoms with E-state index in [0.29, 0.717) is 41.5 Å². The molecular formula is C17H22BrN7O2. The van der Waals surface area contributed by atoms with E-state index in [2.05, 4.69) is 41.2 Å². The van der Waals surface area contributed by atoms with Crippen molar-refractivity contribution in [2.45, 2.75) is 19.9 Å². The Morgan fingerprint density at radius 1 is 1.26 bits per heavy atom. The van der Waals surface area contributed by atoms with Gasteiger partial charge in [0.05, 0.1) is 19.8 Å². The third-order valence-electron chi connectivity index (χ3n) is 3.82. The summed E-state index contributed by atoms with van der Waals surface area (Å²) in [6, 6.07) is 4.07. The summed E-state index contributed by atoms with van der Waals surface area (Å²) < 4.78 is 13.7. The molecule has 0 aliphatic carbocycles. The highest BCUT2D eigenvalue weighted by Crippen LogP contribution is 2.27. The number of hydrogen-bond acceptors (Lipinski definition) is 8. The van der Waals surface area contributed by atoms with Crippen LogP contribution in [0, 0.1) is 0 Å². The predicted molar refractivity (Wildman–Crippen MR) is 106 cm³/mol. The maximum atomic E-state index is 6.02. The summed E-state index contributed by atoms with van der Waals surface area (Å²) in [5, 5.41) is 3.10. The van der Waals surface area contributed by atoms with Crippen molar-refractivity contribution >= 4 is 32.9 Å². The number of nitrogens with zero attached hydrogens (tertiary/aromatic N) is 5. The molecule has 0 bridgehead atoms. The average molecular weight is 436 g/mol. The number of fused-ring (bicyclic) bond motifs is 1. The Morgan fingerprint density at radius 3 is 2.89 bits per heavy atom. The third-order valence-corrected chi connectivity index (χ3v) is 4.42. The number of imidazole rings is 1. The predicted octanol–water partition coefficient (Wildman–Crippen LogP) is 2.00. The van der Waals surface area contributed by atoms with Gasteiger partial charge in [0.15, 0.2) is 21.7 Å². The van der Waals surface area contributed by atoms with Gasteiger partial charge in [-0.2, -0.15) is 9.97 Å². The SMILES string of the molecule is CCOc1nc(N)c2nc(Br)n(Cc3cccnc3OCCCNC)c2n1. The lowest BCUT2D eigenvalue weighted by molar-refractivity contribution is 0.294. The van der Waals surface area contributed by atoms with Crippen LogP contribution in [0.5, 0.6) is 11.9 Å². The van der Waals surface area contributed by atoms with Gasteiger partial charge in [0, 0.05) is 11.8 Å². The summed E-state index contributed by atoms with van der Waals surface area (Å²) in [7, 11) is 1.91. The van der Waals surface area contributed by atoms with E-state index in [1.807, 2.05) is 30.7 Å². The van der Waals surface area contributed by atoms with E-state index in [4.69, 9.17) is 15.2 Å². The second-order valence-electron chi connectivity index (χ2n) is 5.74. The molecule has 0 atom stereocenters. The molecule has 0 amide bonds. The first-order valence-electron chi connectivity index (χ1n) is 8.67. The number of pyridine rings is 1. The van der Waals surface area contributed by atoms with E-state index < -0.39 is 0 Å². The first kappa shape index (κ1) is 19.3. The Morgan fingerprint density at radius 2 is 2.11 bits per heavy atom. The number of ether oxygens (including phenoxy) is 2. The maximum absolute atomic E-state index is 6.02. The van der Waals surface area contributed by atoms with Crippen LogP contribution >= 0.6 is 15.9 Å². The van der Waals surface area contributed by atoms with Crippen molar-refractivity contribution in [1.29, 1.82) is 0 Å². The zero-order chi connectivity index (χ0) is 19.2. The van der Waals surface area contributed by atoms with E-state index in [9.17, 15) is 0 Å². The summed E-state index contributed by atoms with van der Waals surface area (Å²) in [5.74, 6) is 0.868. The lowest BCUT2D eigenvalue weighted by Gasteiger charge is -2.12. The van der Waals surface area contributed by atoms with Crippen LogP contribution in [-0.4, -0.2) is 51.3 Å². The van der Waals surface area contributed by atoms with Crippen LogP contribution in [0.2, 0.25) is 0 Å². The lowest BCUT2D eigenvalue weighted by Crippen LogP contribution is -2.13. The van der Waals surface area contributed by atoms with Gasteiger partial charge >= 0.3 is 6.01 Å². The molecular weight excluding hydrogens is 414 g/mol. The second kappa shape index (κ2) is 8.96. The summed E-state index contributed by atoms with van der Waals surface area (Å²) in [4.78, 5) is 17.4. The molecule has 0 fully saturated rings. The molecule has 3 rings (SSSR count). The van der Waals surface area contributed by atoms with Crippen molar-refractivity contribution in [2.24, 2.45) is 0 Å². The van der Waals surface area contributed by atoms with Gasteiger partial charge in [-0.25, -0.2) is 9.97 Å². The standard InChI is InChI=1S/C17H22BrN7O2/c1-3-26-17-23-13(19)12-14(24-17)25(16(18)22-12)10-11-6-4-8-21-15(11)27-9-5-7-20-2/h4,6,8,20H,3,5,7,9-10H2,1-2H3,(H2,19,23,24). The fourth-order valence-corrected chi connectivity index (χ4v) is 3.04. The number of hydrogen-bond donors (Lipinski definition) is 2. The van der Waals surface area contributed by atoms with Crippen LogP contribution in [0.15, 0.2) is 23.1 Å². The topological polar surface area (TPSA) is 113 Å². The lowest BCUT2D eigenvalue weighted by atomic mass is 10.2. The molecule has 3 heterocycles. The normalized spacial score (nSPS) is 11.1. The van der Waals surface area contributed by atoms with Crippen molar-refractivity contribution in [3.63, 3.8) is 0 Å². The van der Waals surface area contributed by atoms with Crippen molar-refractivity contribution in [3.8, 4) is 11.9 Å². The Hall–Kier alpha value is -2.46. The summed E-state index contributed by atoms with van der Waals surface area (Å²) in [5.41, 5.74) is 8.04. The molecule has 9 nitrogen and oxygen atoms in total. The highest BCUT2D eigenvalue weighted by Gasteiger charge is 2.17. The number of rotatable bonds is 9. The molecule has 0 saturated carbocycles. The quantitative estimate of drug-likeness (QED) is 0.387. The molecule has 144 valence electrons. The number of aromatic nitrogens is 5. The largest absolute Gasteiger partial charge is 0.477 e. The molecule has 0 aliphatic heterocycles. The van der Waals surface area contributed by atoms with Gasteiger partial charge in [0.25, 0.3) is 0 Å². The molecule has 27 heavy (non-hydrogen) atoms. The van der Waals surface area contributed by atoms with Crippen molar-refractivity contribution < 1.29 is 9.47 Å². The van der Waals surface area contributed by atoms with Gasteiger partial charge in [-0.1, -0.05) is 6.07 Å². The molecule has 0 aromatic carbocycles. The minimum absolute atomic E-state index is 0.228. The van der Waals surface area contributed by atoms with Crippen LogP contribution in [0.1, 0.15) is 18.9 Å². The highest BCUT2D eigenvalue weighted by atomic mass is 79.9. The van der Waals surface area contributed by atoms with Gasteiger partial charge < -0.3 is 20.5 Å². The van der Waals surface area contributed by atoms with Crippen LogP contribution in [0.3, 0.4) is 0 Å². The van der Waals surface area contributed by atoms with Crippen LogP contribution in [0.25, 0.3) is 11.2 Å². The minimum atomic E-state index is 0.228. The summed E-state index contributed by atoms with van der Waals surface area (Å²) in [6.45, 7) is 4.25. The summed E-state index contributed by atoms with van der Waals surface area (Å²) >= 11 is 3.48. The zero-order valence-corrected chi connectivity index (χ0v) is 16.9. The van der Waals surface area contributed by atoms with Crippen molar-refractivity contribution in [3.05, 3.63) is 28.6 Å². The Kier molecular flexibility index (Phi) is 6.40. The first-order chi connectivity index (χ1) is 13.1. The number of nitrogen functional groups attached to an aromatic ring is 1. The molecule has 0 saturated heterocycles. The van der Waals surface area contributed by atoms with E-state index in [0.717, 1.165) is 18.5 Å². The third kappa shape index (κ3) is 4.45. The molecule has 3 aromatic heterocycles. The monoisotopic (exact) mass is 435 g/mol. The molecule has 10 heteroatoms. The van der Waals surface area contributed by atoms with Gasteiger partial charge in [-0.05, 0) is 48.9 Å². The molecule has 0 spiro atoms. The fourth-order valence-electron chi connectivity index (χ4n) is 2.57. The van der Waals surface area contributed by atoms with E-state index in [-0.39, 0.29) is 11.8 Å². The van der Waals surface area contributed by atoms with Crippen molar-refractivity contribution in [2.75, 3.05) is 32.5 Å². The molecule has 0 radical (unpaired) electrons. The van der Waals surface area contributed by atoms with Crippen LogP contribution in [0.4, 0.5) is 5.82 Å². The average Bonchev–Trinajstić information content (AvgIpc) is 2.97. The van der Waals surface area contributed by atoms with Gasteiger partial charge in [-0.15, -0.1) is 0 Å². The fraction of sp³-hybridized carbons (Fsp3) is 0.412. The summed E-state index contributed by atoms with van der Waals surface area (Å²) in [6.07, 6.45) is 2.61. The Bertz CT molecular complexity index is 916. The van der Waals surface area contributed by atoms with Crippen LogP contribution < -0.4 is 20.5 Å². The van der Waals surface area contributed by atoms with Crippen LogP contribution in [-0.2, 0) is 6.54 Å². The molecule has 3 N–H and O–H groups in total. The minimum Gasteiger partial charge on any atom is -0.477 e. The first-order valence-corrected chi connectivity index (χ1v) is 9.46. The Balaban J connectivity index is 1.91. The number of halogens is 1. The molecule has 3 aromatic rings. The van der Waals surface area contributed by atoms with E-state index >= 15 is 0 Å². The number of nitrogens with two attached hydrogens (primary N) is 1. The number of nitrogens with one attached hydrogen (secondary N) is 1. The zero-order valence-electron chi connectivity index (χ0n) is 15.3. The van der Waals surface area contributed by atoms with Gasteiger partial charge in [-0.3, -0.25) is 4.57 Å². The Labute approximate surface area is 165 Å². The smallest absolute Gasteiger partial charge is 0.320 e. The molecule has 0 aliphatic rings. The van der Waals surface area contributed by atoms with Gasteiger partial charge in [0.1, 0.15) is 0 Å². The van der Waals surface area contributed by atoms with Crippen molar-refractivity contribution in [1.82, 2.24) is 29.8 Å². The van der Waals surface area contributed by atoms with Gasteiger partial charge in [0.2, 0.25) is 5.88 Å².